The standard InChI is InChI=1S/C11H20N2O5/c1-7(9-3-2-6-18-9)13-11(17)12-5-4-8(14)10(15)16/h7-9,14H,2-6H2,1H3,(H,15,16)(H2,12,13,17). The number of aliphatic hydroxyl groups is 1. The third kappa shape index (κ3) is 4.89. The largest absolute Gasteiger partial charge is 0.479 e. The first kappa shape index (κ1) is 14.7. The molecule has 1 aliphatic rings. The van der Waals surface area contributed by atoms with Crippen LogP contribution in [0.2, 0.25) is 0 Å². The predicted octanol–water partition coefficient (Wildman–Crippen LogP) is -0.311. The monoisotopic (exact) mass is 260 g/mol. The number of aliphatic hydroxyl groups excluding tert-OH is 1. The van der Waals surface area contributed by atoms with Gasteiger partial charge in [0.1, 0.15) is 0 Å². The third-order valence-corrected chi connectivity index (χ3v) is 2.87. The molecular weight excluding hydrogens is 240 g/mol. The first-order valence-corrected chi connectivity index (χ1v) is 6.07. The summed E-state index contributed by atoms with van der Waals surface area (Å²) in [5, 5.41) is 22.7. The van der Waals surface area contributed by atoms with Crippen LogP contribution < -0.4 is 10.6 Å². The molecule has 0 aromatic heterocycles. The molecule has 0 aliphatic carbocycles. The van der Waals surface area contributed by atoms with Crippen LogP contribution in [0.4, 0.5) is 4.79 Å². The number of rotatable bonds is 6. The van der Waals surface area contributed by atoms with Crippen LogP contribution in [0.3, 0.4) is 0 Å². The number of carboxylic acids is 1. The Morgan fingerprint density at radius 2 is 2.22 bits per heavy atom. The first-order chi connectivity index (χ1) is 8.50. The van der Waals surface area contributed by atoms with E-state index in [-0.39, 0.29) is 31.1 Å². The normalized spacial score (nSPS) is 22.2. The lowest BCUT2D eigenvalue weighted by atomic mass is 10.1. The van der Waals surface area contributed by atoms with Gasteiger partial charge in [-0.1, -0.05) is 0 Å². The maximum atomic E-state index is 11.5. The number of carbonyl (C=O) groups is 2. The predicted molar refractivity (Wildman–Crippen MR) is 63.2 cm³/mol. The molecule has 3 atom stereocenters. The van der Waals surface area contributed by atoms with Gasteiger partial charge in [-0.15, -0.1) is 0 Å². The quantitative estimate of drug-likeness (QED) is 0.524. The highest BCUT2D eigenvalue weighted by molar-refractivity contribution is 5.74. The van der Waals surface area contributed by atoms with Crippen molar-refractivity contribution < 1.29 is 24.5 Å². The smallest absolute Gasteiger partial charge is 0.332 e. The summed E-state index contributed by atoms with van der Waals surface area (Å²) in [4.78, 5) is 21.8. The van der Waals surface area contributed by atoms with Crippen LogP contribution in [0.1, 0.15) is 26.2 Å². The fraction of sp³-hybridized carbons (Fsp3) is 0.818. The van der Waals surface area contributed by atoms with Gasteiger partial charge >= 0.3 is 12.0 Å². The van der Waals surface area contributed by atoms with Crippen molar-refractivity contribution in [2.24, 2.45) is 0 Å². The van der Waals surface area contributed by atoms with Gasteiger partial charge in [0.15, 0.2) is 6.10 Å². The molecular formula is C11H20N2O5. The number of carbonyl (C=O) groups excluding carboxylic acids is 1. The molecule has 7 heteroatoms. The van der Waals surface area contributed by atoms with Crippen molar-refractivity contribution in [2.45, 2.75) is 44.4 Å². The maximum Gasteiger partial charge on any atom is 0.332 e. The van der Waals surface area contributed by atoms with E-state index in [0.29, 0.717) is 0 Å². The average molecular weight is 260 g/mol. The topological polar surface area (TPSA) is 108 Å². The molecule has 104 valence electrons. The van der Waals surface area contributed by atoms with E-state index in [1.54, 1.807) is 0 Å². The molecule has 4 N–H and O–H groups in total. The Balaban J connectivity index is 2.15. The summed E-state index contributed by atoms with van der Waals surface area (Å²) >= 11 is 0. The molecule has 0 aromatic rings. The lowest BCUT2D eigenvalue weighted by Gasteiger charge is -2.20. The van der Waals surface area contributed by atoms with Crippen molar-refractivity contribution in [1.29, 1.82) is 0 Å². The number of carboxylic acid groups (broad SMARTS) is 1. The molecule has 1 rings (SSSR count). The van der Waals surface area contributed by atoms with Crippen molar-refractivity contribution >= 4 is 12.0 Å². The van der Waals surface area contributed by atoms with Crippen molar-refractivity contribution in [3.8, 4) is 0 Å². The zero-order valence-electron chi connectivity index (χ0n) is 10.4. The summed E-state index contributed by atoms with van der Waals surface area (Å²) in [7, 11) is 0. The summed E-state index contributed by atoms with van der Waals surface area (Å²) in [6.07, 6.45) is 0.514. The minimum absolute atomic E-state index is 0.0168. The summed E-state index contributed by atoms with van der Waals surface area (Å²) in [5.41, 5.74) is 0. The Bertz CT molecular complexity index is 291. The minimum atomic E-state index is -1.44. The fourth-order valence-corrected chi connectivity index (χ4v) is 1.79. The fourth-order valence-electron chi connectivity index (χ4n) is 1.79. The van der Waals surface area contributed by atoms with Crippen LogP contribution in [0.25, 0.3) is 0 Å². The van der Waals surface area contributed by atoms with E-state index in [4.69, 9.17) is 14.9 Å². The Hall–Kier alpha value is -1.34. The molecule has 1 heterocycles. The van der Waals surface area contributed by atoms with E-state index in [1.165, 1.54) is 0 Å². The molecule has 0 spiro atoms. The van der Waals surface area contributed by atoms with Crippen LogP contribution in [-0.4, -0.2) is 53.6 Å². The Morgan fingerprint density at radius 1 is 1.50 bits per heavy atom. The number of aliphatic carboxylic acids is 1. The number of urea groups is 1. The van der Waals surface area contributed by atoms with E-state index in [9.17, 15) is 9.59 Å². The lowest BCUT2D eigenvalue weighted by molar-refractivity contribution is -0.146. The van der Waals surface area contributed by atoms with Crippen LogP contribution in [0, 0.1) is 0 Å². The molecule has 1 aliphatic heterocycles. The van der Waals surface area contributed by atoms with Gasteiger partial charge in [-0.05, 0) is 19.8 Å². The number of amides is 2. The van der Waals surface area contributed by atoms with Crippen LogP contribution >= 0.6 is 0 Å². The highest BCUT2D eigenvalue weighted by Gasteiger charge is 2.23. The minimum Gasteiger partial charge on any atom is -0.479 e. The number of nitrogens with one attached hydrogen (secondary N) is 2. The van der Waals surface area contributed by atoms with Crippen molar-refractivity contribution in [1.82, 2.24) is 10.6 Å². The molecule has 0 aromatic carbocycles. The summed E-state index contributed by atoms with van der Waals surface area (Å²) in [6, 6.07) is -0.465. The molecule has 1 fully saturated rings. The van der Waals surface area contributed by atoms with Gasteiger partial charge in [-0.25, -0.2) is 9.59 Å². The van der Waals surface area contributed by atoms with E-state index < -0.39 is 12.1 Å². The van der Waals surface area contributed by atoms with Crippen molar-refractivity contribution in [3.05, 3.63) is 0 Å². The molecule has 3 unspecified atom stereocenters. The van der Waals surface area contributed by atoms with E-state index >= 15 is 0 Å². The summed E-state index contributed by atoms with van der Waals surface area (Å²) < 4.78 is 5.43. The van der Waals surface area contributed by atoms with Gasteiger partial charge in [0.2, 0.25) is 0 Å². The van der Waals surface area contributed by atoms with E-state index in [1.807, 2.05) is 6.92 Å². The van der Waals surface area contributed by atoms with Gasteiger partial charge in [-0.2, -0.15) is 0 Å². The molecule has 2 amide bonds. The molecule has 0 radical (unpaired) electrons. The first-order valence-electron chi connectivity index (χ1n) is 6.07. The van der Waals surface area contributed by atoms with Crippen molar-refractivity contribution in [3.63, 3.8) is 0 Å². The van der Waals surface area contributed by atoms with E-state index in [2.05, 4.69) is 10.6 Å². The Morgan fingerprint density at radius 3 is 2.78 bits per heavy atom. The SMILES string of the molecule is CC(NC(=O)NCCC(O)C(=O)O)C1CCCO1. The van der Waals surface area contributed by atoms with Gasteiger partial charge in [0, 0.05) is 19.6 Å². The van der Waals surface area contributed by atoms with Crippen LogP contribution in [0.15, 0.2) is 0 Å². The lowest BCUT2D eigenvalue weighted by Crippen LogP contribution is -2.46. The molecule has 0 bridgehead atoms. The van der Waals surface area contributed by atoms with Gasteiger partial charge in [-0.3, -0.25) is 0 Å². The van der Waals surface area contributed by atoms with Crippen LogP contribution in [-0.2, 0) is 9.53 Å². The third-order valence-electron chi connectivity index (χ3n) is 2.87. The highest BCUT2D eigenvalue weighted by Crippen LogP contribution is 2.15. The second kappa shape index (κ2) is 7.17. The number of hydrogen-bond acceptors (Lipinski definition) is 4. The van der Waals surface area contributed by atoms with E-state index in [0.717, 1.165) is 19.4 Å². The second-order valence-electron chi connectivity index (χ2n) is 4.38. The maximum absolute atomic E-state index is 11.5. The molecule has 1 saturated heterocycles. The highest BCUT2D eigenvalue weighted by atomic mass is 16.5. The zero-order valence-corrected chi connectivity index (χ0v) is 10.4. The zero-order chi connectivity index (χ0) is 13.5. The van der Waals surface area contributed by atoms with Crippen LogP contribution in [0.5, 0.6) is 0 Å². The second-order valence-corrected chi connectivity index (χ2v) is 4.38. The number of ether oxygens (including phenoxy) is 1. The van der Waals surface area contributed by atoms with Gasteiger partial charge in [0.25, 0.3) is 0 Å². The average Bonchev–Trinajstić information content (AvgIpc) is 2.81. The van der Waals surface area contributed by atoms with Gasteiger partial charge in [0.05, 0.1) is 12.1 Å². The molecule has 0 saturated carbocycles. The Kier molecular flexibility index (Phi) is 5.87. The number of hydrogen-bond donors (Lipinski definition) is 4. The molecule has 18 heavy (non-hydrogen) atoms. The summed E-state index contributed by atoms with van der Waals surface area (Å²) in [5.74, 6) is -1.29. The van der Waals surface area contributed by atoms with Crippen molar-refractivity contribution in [2.75, 3.05) is 13.2 Å². The molecule has 7 nitrogen and oxygen atoms in total. The van der Waals surface area contributed by atoms with Gasteiger partial charge < -0.3 is 25.6 Å². The summed E-state index contributed by atoms with van der Waals surface area (Å²) in [6.45, 7) is 2.70. The Labute approximate surface area is 106 Å².